The zero-order chi connectivity index (χ0) is 13.1. The Labute approximate surface area is 105 Å². The maximum absolute atomic E-state index is 11.4. The molecule has 1 aromatic heterocycles. The molecule has 1 heterocycles. The van der Waals surface area contributed by atoms with E-state index < -0.39 is 0 Å². The fourth-order valence-electron chi connectivity index (χ4n) is 2.02. The number of hydrogen-bond donors (Lipinski definition) is 0. The summed E-state index contributed by atoms with van der Waals surface area (Å²) in [5.74, 6) is -0.244. The minimum absolute atomic E-state index is 0.240. The van der Waals surface area contributed by atoms with Crippen molar-refractivity contribution in [1.29, 1.82) is 5.26 Å². The van der Waals surface area contributed by atoms with Crippen molar-refractivity contribution < 1.29 is 9.53 Å². The van der Waals surface area contributed by atoms with E-state index in [-0.39, 0.29) is 12.4 Å². The molecule has 0 radical (unpaired) electrons. The lowest BCUT2D eigenvalue weighted by Gasteiger charge is -2.03. The summed E-state index contributed by atoms with van der Waals surface area (Å²) < 4.78 is 6.82. The normalized spacial score (nSPS) is 10.3. The third-order valence-corrected chi connectivity index (χ3v) is 2.83. The summed E-state index contributed by atoms with van der Waals surface area (Å²) in [6.07, 6.45) is 2.03. The van der Waals surface area contributed by atoms with Crippen LogP contribution in [0.1, 0.15) is 18.1 Å². The van der Waals surface area contributed by atoms with Gasteiger partial charge in [0, 0.05) is 24.1 Å². The van der Waals surface area contributed by atoms with E-state index in [9.17, 15) is 4.79 Å². The monoisotopic (exact) mass is 242 g/mol. The van der Waals surface area contributed by atoms with Crippen LogP contribution < -0.4 is 0 Å². The standard InChI is InChI=1S/C14H14N2O2/c1-3-18-14(17)7-10-4-5-13-12(6-10)11(8-15)9-16(13)2/h4-6,9H,3,7H2,1-2H3. The first kappa shape index (κ1) is 12.2. The molecule has 4 nitrogen and oxygen atoms in total. The van der Waals surface area contributed by atoms with Crippen molar-refractivity contribution >= 4 is 16.9 Å². The number of aryl methyl sites for hydroxylation is 1. The van der Waals surface area contributed by atoms with Crippen LogP contribution in [0.25, 0.3) is 10.9 Å². The Balaban J connectivity index is 2.38. The van der Waals surface area contributed by atoms with Gasteiger partial charge in [-0.25, -0.2) is 0 Å². The first-order valence-electron chi connectivity index (χ1n) is 5.79. The highest BCUT2D eigenvalue weighted by Gasteiger charge is 2.09. The van der Waals surface area contributed by atoms with Crippen LogP contribution in [0.3, 0.4) is 0 Å². The largest absolute Gasteiger partial charge is 0.466 e. The average molecular weight is 242 g/mol. The van der Waals surface area contributed by atoms with Gasteiger partial charge in [-0.15, -0.1) is 0 Å². The van der Waals surface area contributed by atoms with Gasteiger partial charge in [-0.2, -0.15) is 5.26 Å². The molecule has 0 atom stereocenters. The molecule has 0 aliphatic heterocycles. The highest BCUT2D eigenvalue weighted by molar-refractivity contribution is 5.87. The SMILES string of the molecule is CCOC(=O)Cc1ccc2c(c1)c(C#N)cn2C. The van der Waals surface area contributed by atoms with Gasteiger partial charge in [0.1, 0.15) is 6.07 Å². The molecule has 2 aromatic rings. The van der Waals surface area contributed by atoms with Crippen LogP contribution in [0, 0.1) is 11.3 Å². The van der Waals surface area contributed by atoms with Gasteiger partial charge in [0.15, 0.2) is 0 Å². The molecular formula is C14H14N2O2. The number of nitrogens with zero attached hydrogens (tertiary/aromatic N) is 2. The molecule has 0 aliphatic rings. The van der Waals surface area contributed by atoms with E-state index in [1.165, 1.54) is 0 Å². The lowest BCUT2D eigenvalue weighted by Crippen LogP contribution is -2.07. The zero-order valence-electron chi connectivity index (χ0n) is 10.4. The predicted octanol–water partition coefficient (Wildman–Crippen LogP) is 2.16. The van der Waals surface area contributed by atoms with Crippen LogP contribution in [-0.2, 0) is 23.0 Å². The zero-order valence-corrected chi connectivity index (χ0v) is 10.4. The Bertz CT molecular complexity index is 635. The van der Waals surface area contributed by atoms with E-state index in [4.69, 9.17) is 10.00 Å². The molecule has 92 valence electrons. The van der Waals surface area contributed by atoms with Crippen molar-refractivity contribution in [3.8, 4) is 6.07 Å². The molecule has 2 rings (SSSR count). The molecule has 18 heavy (non-hydrogen) atoms. The van der Waals surface area contributed by atoms with E-state index in [0.717, 1.165) is 16.5 Å². The maximum atomic E-state index is 11.4. The van der Waals surface area contributed by atoms with E-state index in [2.05, 4.69) is 6.07 Å². The minimum Gasteiger partial charge on any atom is -0.466 e. The fraction of sp³-hybridized carbons (Fsp3) is 0.286. The summed E-state index contributed by atoms with van der Waals surface area (Å²) in [6.45, 7) is 2.17. The fourth-order valence-corrected chi connectivity index (χ4v) is 2.02. The number of aromatic nitrogens is 1. The lowest BCUT2D eigenvalue weighted by atomic mass is 10.1. The lowest BCUT2D eigenvalue weighted by molar-refractivity contribution is -0.142. The van der Waals surface area contributed by atoms with Crippen molar-refractivity contribution in [1.82, 2.24) is 4.57 Å². The first-order chi connectivity index (χ1) is 8.65. The number of carbonyl (C=O) groups is 1. The molecule has 0 N–H and O–H groups in total. The van der Waals surface area contributed by atoms with Crippen LogP contribution in [0.4, 0.5) is 0 Å². The molecular weight excluding hydrogens is 228 g/mol. The highest BCUT2D eigenvalue weighted by Crippen LogP contribution is 2.21. The molecule has 0 unspecified atom stereocenters. The third kappa shape index (κ3) is 2.21. The number of nitriles is 1. The second kappa shape index (κ2) is 4.92. The summed E-state index contributed by atoms with van der Waals surface area (Å²) in [6, 6.07) is 7.85. The Morgan fingerprint density at radius 2 is 2.28 bits per heavy atom. The second-order valence-corrected chi connectivity index (χ2v) is 4.10. The van der Waals surface area contributed by atoms with Crippen LogP contribution in [-0.4, -0.2) is 17.1 Å². The Hall–Kier alpha value is -2.28. The van der Waals surface area contributed by atoms with Gasteiger partial charge >= 0.3 is 5.97 Å². The maximum Gasteiger partial charge on any atom is 0.310 e. The van der Waals surface area contributed by atoms with Crippen LogP contribution in [0.5, 0.6) is 0 Å². The van der Waals surface area contributed by atoms with Gasteiger partial charge in [0.25, 0.3) is 0 Å². The van der Waals surface area contributed by atoms with Crippen molar-refractivity contribution in [3.05, 3.63) is 35.5 Å². The predicted molar refractivity (Wildman–Crippen MR) is 68.0 cm³/mol. The molecule has 4 heteroatoms. The van der Waals surface area contributed by atoms with Crippen LogP contribution >= 0.6 is 0 Å². The number of hydrogen-bond acceptors (Lipinski definition) is 3. The minimum atomic E-state index is -0.244. The average Bonchev–Trinajstić information content (AvgIpc) is 2.66. The summed E-state index contributed by atoms with van der Waals surface area (Å²) in [5, 5.41) is 9.93. The Kier molecular flexibility index (Phi) is 3.33. The Morgan fingerprint density at radius 1 is 1.50 bits per heavy atom. The van der Waals surface area contributed by atoms with Crippen molar-refractivity contribution in [3.63, 3.8) is 0 Å². The van der Waals surface area contributed by atoms with Crippen molar-refractivity contribution in [2.45, 2.75) is 13.3 Å². The van der Waals surface area contributed by atoms with E-state index in [0.29, 0.717) is 12.2 Å². The van der Waals surface area contributed by atoms with Crippen molar-refractivity contribution in [2.75, 3.05) is 6.61 Å². The molecule has 0 aliphatic carbocycles. The number of ether oxygens (including phenoxy) is 1. The number of carbonyl (C=O) groups excluding carboxylic acids is 1. The molecule has 0 saturated carbocycles. The van der Waals surface area contributed by atoms with Gasteiger partial charge in [-0.05, 0) is 24.6 Å². The second-order valence-electron chi connectivity index (χ2n) is 4.10. The molecule has 0 spiro atoms. The van der Waals surface area contributed by atoms with Gasteiger partial charge in [0.05, 0.1) is 18.6 Å². The number of fused-ring (bicyclic) bond motifs is 1. The van der Waals surface area contributed by atoms with Crippen molar-refractivity contribution in [2.24, 2.45) is 7.05 Å². The van der Waals surface area contributed by atoms with Gasteiger partial charge < -0.3 is 9.30 Å². The number of rotatable bonds is 3. The van der Waals surface area contributed by atoms with E-state index in [1.807, 2.05) is 29.8 Å². The molecule has 0 saturated heterocycles. The summed E-state index contributed by atoms with van der Waals surface area (Å²) in [4.78, 5) is 11.4. The molecule has 0 amide bonds. The summed E-state index contributed by atoms with van der Waals surface area (Å²) in [5.41, 5.74) is 2.47. The smallest absolute Gasteiger partial charge is 0.310 e. The first-order valence-corrected chi connectivity index (χ1v) is 5.79. The molecule has 0 bridgehead atoms. The van der Waals surface area contributed by atoms with E-state index >= 15 is 0 Å². The van der Waals surface area contributed by atoms with Gasteiger partial charge in [-0.3, -0.25) is 4.79 Å². The third-order valence-electron chi connectivity index (χ3n) is 2.83. The van der Waals surface area contributed by atoms with E-state index in [1.54, 1.807) is 13.1 Å². The number of esters is 1. The summed E-state index contributed by atoms with van der Waals surface area (Å²) in [7, 11) is 1.90. The van der Waals surface area contributed by atoms with Gasteiger partial charge in [0.2, 0.25) is 0 Å². The Morgan fingerprint density at radius 3 is 2.94 bits per heavy atom. The van der Waals surface area contributed by atoms with Crippen LogP contribution in [0.2, 0.25) is 0 Å². The number of benzene rings is 1. The van der Waals surface area contributed by atoms with Crippen LogP contribution in [0.15, 0.2) is 24.4 Å². The quantitative estimate of drug-likeness (QED) is 0.775. The molecule has 1 aromatic carbocycles. The van der Waals surface area contributed by atoms with Gasteiger partial charge in [-0.1, -0.05) is 6.07 Å². The summed E-state index contributed by atoms with van der Waals surface area (Å²) >= 11 is 0. The molecule has 0 fully saturated rings. The topological polar surface area (TPSA) is 55.0 Å². The highest BCUT2D eigenvalue weighted by atomic mass is 16.5.